The van der Waals surface area contributed by atoms with Crippen molar-refractivity contribution < 1.29 is 0 Å². The highest BCUT2D eigenvalue weighted by Crippen LogP contribution is 2.26. The first-order valence-electron chi connectivity index (χ1n) is 6.09. The fraction of sp³-hybridized carbons (Fsp3) is 0.571. The van der Waals surface area contributed by atoms with E-state index in [2.05, 4.69) is 13.0 Å². The van der Waals surface area contributed by atoms with Gasteiger partial charge in [-0.1, -0.05) is 56.3 Å². The van der Waals surface area contributed by atoms with Crippen molar-refractivity contribution in [2.75, 3.05) is 5.88 Å². The fourth-order valence-electron chi connectivity index (χ4n) is 1.91. The molecule has 1 unspecified atom stereocenters. The van der Waals surface area contributed by atoms with E-state index in [1.165, 1.54) is 37.7 Å². The van der Waals surface area contributed by atoms with Crippen molar-refractivity contribution >= 4 is 23.2 Å². The van der Waals surface area contributed by atoms with Crippen LogP contribution in [0, 0.1) is 0 Å². The molecule has 1 aromatic rings. The number of unbranched alkanes of at least 4 members (excludes halogenated alkanes) is 3. The molecule has 1 rings (SSSR count). The molecule has 0 saturated heterocycles. The fourth-order valence-corrected chi connectivity index (χ4v) is 2.44. The van der Waals surface area contributed by atoms with Gasteiger partial charge in [-0.25, -0.2) is 0 Å². The molecular formula is C14H20Cl2. The van der Waals surface area contributed by atoms with E-state index in [0.29, 0.717) is 11.8 Å². The normalized spacial score (nSPS) is 12.7. The molecule has 0 N–H and O–H groups in total. The standard InChI is InChI=1S/C14H20Cl2/c1-2-3-4-5-7-13(11-15)12-8-6-9-14(16)10-12/h6,8-10,13H,2-5,7,11H2,1H3. The molecule has 1 aromatic carbocycles. The quantitative estimate of drug-likeness (QED) is 0.439. The third-order valence-electron chi connectivity index (χ3n) is 2.91. The first-order chi connectivity index (χ1) is 7.77. The van der Waals surface area contributed by atoms with Gasteiger partial charge >= 0.3 is 0 Å². The van der Waals surface area contributed by atoms with Gasteiger partial charge in [-0.2, -0.15) is 0 Å². The Morgan fingerprint density at radius 3 is 2.62 bits per heavy atom. The van der Waals surface area contributed by atoms with Gasteiger partial charge in [0.2, 0.25) is 0 Å². The Kier molecular flexibility index (Phi) is 6.91. The van der Waals surface area contributed by atoms with Crippen molar-refractivity contribution in [3.05, 3.63) is 34.9 Å². The molecule has 0 aliphatic rings. The minimum absolute atomic E-state index is 0.456. The predicted molar refractivity (Wildman–Crippen MR) is 73.7 cm³/mol. The first kappa shape index (κ1) is 13.9. The summed E-state index contributed by atoms with van der Waals surface area (Å²) in [6, 6.07) is 8.07. The highest BCUT2D eigenvalue weighted by Gasteiger charge is 2.10. The van der Waals surface area contributed by atoms with Crippen LogP contribution in [-0.4, -0.2) is 5.88 Å². The van der Waals surface area contributed by atoms with Crippen molar-refractivity contribution in [1.29, 1.82) is 0 Å². The van der Waals surface area contributed by atoms with Gasteiger partial charge in [-0.3, -0.25) is 0 Å². The largest absolute Gasteiger partial charge is 0.126 e. The molecular weight excluding hydrogens is 239 g/mol. The van der Waals surface area contributed by atoms with Crippen molar-refractivity contribution in [3.63, 3.8) is 0 Å². The van der Waals surface area contributed by atoms with Crippen LogP contribution in [0.15, 0.2) is 24.3 Å². The SMILES string of the molecule is CCCCCCC(CCl)c1cccc(Cl)c1. The Bertz CT molecular complexity index is 297. The van der Waals surface area contributed by atoms with E-state index in [4.69, 9.17) is 23.2 Å². The maximum atomic E-state index is 6.02. The topological polar surface area (TPSA) is 0 Å². The number of benzene rings is 1. The highest BCUT2D eigenvalue weighted by atomic mass is 35.5. The van der Waals surface area contributed by atoms with E-state index in [-0.39, 0.29) is 0 Å². The summed E-state index contributed by atoms with van der Waals surface area (Å²) < 4.78 is 0. The molecule has 0 radical (unpaired) electrons. The lowest BCUT2D eigenvalue weighted by atomic mass is 9.95. The summed E-state index contributed by atoms with van der Waals surface area (Å²) in [5, 5.41) is 0.807. The van der Waals surface area contributed by atoms with Crippen LogP contribution >= 0.6 is 23.2 Å². The number of alkyl halides is 1. The van der Waals surface area contributed by atoms with Gasteiger partial charge in [0.1, 0.15) is 0 Å². The molecule has 0 aliphatic carbocycles. The van der Waals surface area contributed by atoms with Crippen molar-refractivity contribution in [3.8, 4) is 0 Å². The molecule has 0 fully saturated rings. The molecule has 0 amide bonds. The molecule has 0 heterocycles. The van der Waals surface area contributed by atoms with E-state index < -0.39 is 0 Å². The van der Waals surface area contributed by atoms with Crippen LogP contribution in [0.25, 0.3) is 0 Å². The zero-order valence-corrected chi connectivity index (χ0v) is 11.4. The highest BCUT2D eigenvalue weighted by molar-refractivity contribution is 6.30. The van der Waals surface area contributed by atoms with E-state index in [1.54, 1.807) is 0 Å². The minimum atomic E-state index is 0.456. The van der Waals surface area contributed by atoms with Crippen molar-refractivity contribution in [1.82, 2.24) is 0 Å². The van der Waals surface area contributed by atoms with Gasteiger partial charge in [0.15, 0.2) is 0 Å². The Morgan fingerprint density at radius 1 is 1.19 bits per heavy atom. The summed E-state index contributed by atoms with van der Waals surface area (Å²) in [4.78, 5) is 0. The van der Waals surface area contributed by atoms with Gasteiger partial charge in [0.05, 0.1) is 0 Å². The maximum absolute atomic E-state index is 6.02. The number of hydrogen-bond donors (Lipinski definition) is 0. The summed E-state index contributed by atoms with van der Waals surface area (Å²) in [7, 11) is 0. The Morgan fingerprint density at radius 2 is 2.00 bits per heavy atom. The van der Waals surface area contributed by atoms with Gasteiger partial charge in [-0.05, 0) is 30.0 Å². The second-order valence-corrected chi connectivity index (χ2v) is 5.00. The molecule has 0 bridgehead atoms. The van der Waals surface area contributed by atoms with E-state index >= 15 is 0 Å². The average molecular weight is 259 g/mol. The van der Waals surface area contributed by atoms with Crippen LogP contribution < -0.4 is 0 Å². The lowest BCUT2D eigenvalue weighted by Crippen LogP contribution is -2.00. The van der Waals surface area contributed by atoms with Gasteiger partial charge < -0.3 is 0 Å². The molecule has 16 heavy (non-hydrogen) atoms. The van der Waals surface area contributed by atoms with E-state index in [9.17, 15) is 0 Å². The number of hydrogen-bond acceptors (Lipinski definition) is 0. The van der Waals surface area contributed by atoms with E-state index in [1.807, 2.05) is 18.2 Å². The van der Waals surface area contributed by atoms with Crippen LogP contribution in [0.4, 0.5) is 0 Å². The van der Waals surface area contributed by atoms with E-state index in [0.717, 1.165) is 5.02 Å². The summed E-state index contributed by atoms with van der Waals surface area (Å²) >= 11 is 12.0. The molecule has 0 spiro atoms. The van der Waals surface area contributed by atoms with Gasteiger partial charge in [0.25, 0.3) is 0 Å². The molecule has 0 aromatic heterocycles. The molecule has 90 valence electrons. The van der Waals surface area contributed by atoms with Crippen LogP contribution in [0.2, 0.25) is 5.02 Å². The molecule has 0 saturated carbocycles. The Balaban J connectivity index is 2.47. The lowest BCUT2D eigenvalue weighted by Gasteiger charge is -2.14. The number of rotatable bonds is 7. The summed E-state index contributed by atoms with van der Waals surface area (Å²) in [5.74, 6) is 1.14. The predicted octanol–water partition coefficient (Wildman–Crippen LogP) is 5.63. The van der Waals surface area contributed by atoms with Crippen LogP contribution in [0.5, 0.6) is 0 Å². The summed E-state index contributed by atoms with van der Waals surface area (Å²) in [5.41, 5.74) is 1.28. The maximum Gasteiger partial charge on any atom is 0.0408 e. The molecule has 2 heteroatoms. The zero-order chi connectivity index (χ0) is 11.8. The average Bonchev–Trinajstić information content (AvgIpc) is 2.29. The summed E-state index contributed by atoms with van der Waals surface area (Å²) in [6.45, 7) is 2.23. The Labute approximate surface area is 109 Å². The Hall–Kier alpha value is -0.200. The zero-order valence-electron chi connectivity index (χ0n) is 9.89. The second kappa shape index (κ2) is 7.97. The molecule has 1 atom stereocenters. The third-order valence-corrected chi connectivity index (χ3v) is 3.52. The first-order valence-corrected chi connectivity index (χ1v) is 7.00. The number of halogens is 2. The van der Waals surface area contributed by atoms with Gasteiger partial charge in [0, 0.05) is 10.9 Å². The van der Waals surface area contributed by atoms with Gasteiger partial charge in [-0.15, -0.1) is 11.6 Å². The minimum Gasteiger partial charge on any atom is -0.126 e. The van der Waals surface area contributed by atoms with Crippen LogP contribution in [0.1, 0.15) is 50.5 Å². The van der Waals surface area contributed by atoms with Crippen LogP contribution in [0.3, 0.4) is 0 Å². The third kappa shape index (κ3) is 4.76. The second-order valence-electron chi connectivity index (χ2n) is 4.26. The van der Waals surface area contributed by atoms with Crippen LogP contribution in [-0.2, 0) is 0 Å². The van der Waals surface area contributed by atoms with Crippen molar-refractivity contribution in [2.24, 2.45) is 0 Å². The molecule has 0 aliphatic heterocycles. The monoisotopic (exact) mass is 258 g/mol. The molecule has 0 nitrogen and oxygen atoms in total. The van der Waals surface area contributed by atoms with Crippen molar-refractivity contribution in [2.45, 2.75) is 44.9 Å². The lowest BCUT2D eigenvalue weighted by molar-refractivity contribution is 0.583. The summed E-state index contributed by atoms with van der Waals surface area (Å²) in [6.07, 6.45) is 6.35. The smallest absolute Gasteiger partial charge is 0.0408 e.